The highest BCUT2D eigenvalue weighted by Crippen LogP contribution is 2.26. The van der Waals surface area contributed by atoms with Crippen molar-refractivity contribution in [2.24, 2.45) is 0 Å². The third kappa shape index (κ3) is 4.52. The molecular formula is C19H18FNOS2. The average Bonchev–Trinajstić information content (AvgIpc) is 3.27. The summed E-state index contributed by atoms with van der Waals surface area (Å²) >= 11 is 3.31. The Morgan fingerprint density at radius 2 is 1.79 bits per heavy atom. The Labute approximate surface area is 149 Å². The van der Waals surface area contributed by atoms with Gasteiger partial charge in [0.2, 0.25) is 5.91 Å². The molecule has 0 radical (unpaired) electrons. The molecule has 1 aromatic carbocycles. The first-order valence-corrected chi connectivity index (χ1v) is 9.59. The van der Waals surface area contributed by atoms with Crippen molar-refractivity contribution in [2.75, 3.05) is 0 Å². The van der Waals surface area contributed by atoms with Crippen LogP contribution in [0.4, 0.5) is 4.39 Å². The van der Waals surface area contributed by atoms with Gasteiger partial charge in [0.15, 0.2) is 0 Å². The average molecular weight is 359 g/mol. The number of amides is 1. The number of hydrogen-bond donors (Lipinski definition) is 1. The van der Waals surface area contributed by atoms with Gasteiger partial charge >= 0.3 is 0 Å². The molecule has 0 fully saturated rings. The van der Waals surface area contributed by atoms with Gasteiger partial charge in [-0.25, -0.2) is 4.39 Å². The smallest absolute Gasteiger partial charge is 0.220 e. The largest absolute Gasteiger partial charge is 0.344 e. The van der Waals surface area contributed by atoms with Crippen LogP contribution in [-0.4, -0.2) is 5.91 Å². The van der Waals surface area contributed by atoms with E-state index >= 15 is 0 Å². The minimum atomic E-state index is -0.272. The molecule has 0 aliphatic heterocycles. The maximum atomic E-state index is 13.2. The van der Waals surface area contributed by atoms with E-state index in [9.17, 15) is 9.18 Å². The quantitative estimate of drug-likeness (QED) is 0.619. The maximum Gasteiger partial charge on any atom is 0.220 e. The highest BCUT2D eigenvalue weighted by Gasteiger charge is 2.17. The monoisotopic (exact) mass is 359 g/mol. The van der Waals surface area contributed by atoms with Crippen molar-refractivity contribution in [1.29, 1.82) is 0 Å². The summed E-state index contributed by atoms with van der Waals surface area (Å²) in [4.78, 5) is 14.7. The molecule has 0 saturated carbocycles. The van der Waals surface area contributed by atoms with Crippen LogP contribution in [0.25, 0.3) is 0 Å². The van der Waals surface area contributed by atoms with Gasteiger partial charge in [-0.1, -0.05) is 24.3 Å². The van der Waals surface area contributed by atoms with E-state index in [1.807, 2.05) is 23.6 Å². The van der Waals surface area contributed by atoms with Crippen molar-refractivity contribution in [3.63, 3.8) is 0 Å². The van der Waals surface area contributed by atoms with Crippen molar-refractivity contribution in [3.8, 4) is 0 Å². The van der Waals surface area contributed by atoms with E-state index in [2.05, 4.69) is 16.8 Å². The number of nitrogens with one attached hydrogen (secondary N) is 1. The third-order valence-corrected chi connectivity index (χ3v) is 5.62. The molecule has 2 nitrogen and oxygen atoms in total. The fraction of sp³-hybridized carbons (Fsp3) is 0.211. The van der Waals surface area contributed by atoms with Crippen molar-refractivity contribution < 1.29 is 9.18 Å². The number of thiophene rings is 2. The van der Waals surface area contributed by atoms with Gasteiger partial charge in [-0.2, -0.15) is 0 Å². The minimum absolute atomic E-state index is 0.0225. The van der Waals surface area contributed by atoms with Gasteiger partial charge in [0.25, 0.3) is 0 Å². The van der Waals surface area contributed by atoms with E-state index < -0.39 is 0 Å². The highest BCUT2D eigenvalue weighted by atomic mass is 32.1. The highest BCUT2D eigenvalue weighted by molar-refractivity contribution is 7.10. The van der Waals surface area contributed by atoms with Gasteiger partial charge in [-0.15, -0.1) is 22.7 Å². The van der Waals surface area contributed by atoms with E-state index in [1.54, 1.807) is 34.8 Å². The second kappa shape index (κ2) is 8.22. The molecule has 1 atom stereocenters. The van der Waals surface area contributed by atoms with Crippen LogP contribution in [0.15, 0.2) is 59.3 Å². The number of carbonyl (C=O) groups excluding carboxylic acids is 1. The second-order valence-corrected chi connectivity index (χ2v) is 7.51. The Morgan fingerprint density at radius 1 is 1.04 bits per heavy atom. The Kier molecular flexibility index (Phi) is 5.77. The number of benzene rings is 1. The first-order valence-electron chi connectivity index (χ1n) is 7.83. The van der Waals surface area contributed by atoms with E-state index in [0.29, 0.717) is 6.42 Å². The second-order valence-electron chi connectivity index (χ2n) is 5.50. The topological polar surface area (TPSA) is 29.1 Å². The van der Waals surface area contributed by atoms with E-state index in [-0.39, 0.29) is 17.8 Å². The molecule has 0 bridgehead atoms. The van der Waals surface area contributed by atoms with E-state index in [1.165, 1.54) is 17.0 Å². The fourth-order valence-corrected chi connectivity index (χ4v) is 4.09. The molecule has 1 amide bonds. The summed E-state index contributed by atoms with van der Waals surface area (Å²) in [6.45, 7) is 0. The van der Waals surface area contributed by atoms with Crippen LogP contribution in [0.2, 0.25) is 0 Å². The molecule has 0 aliphatic rings. The number of hydrogen-bond acceptors (Lipinski definition) is 3. The molecule has 0 aliphatic carbocycles. The summed E-state index contributed by atoms with van der Waals surface area (Å²) in [5, 5.41) is 7.12. The van der Waals surface area contributed by atoms with Crippen LogP contribution in [-0.2, 0) is 11.2 Å². The maximum absolute atomic E-state index is 13.2. The molecule has 5 heteroatoms. The zero-order valence-electron chi connectivity index (χ0n) is 13.1. The number of aryl methyl sites for hydroxylation is 1. The van der Waals surface area contributed by atoms with Crippen LogP contribution < -0.4 is 5.32 Å². The van der Waals surface area contributed by atoms with Gasteiger partial charge in [0.05, 0.1) is 6.04 Å². The van der Waals surface area contributed by atoms with Gasteiger partial charge in [0, 0.05) is 16.2 Å². The Morgan fingerprint density at radius 3 is 2.46 bits per heavy atom. The van der Waals surface area contributed by atoms with Crippen LogP contribution in [0.1, 0.15) is 34.2 Å². The summed E-state index contributed by atoms with van der Waals surface area (Å²) < 4.78 is 13.2. The molecule has 3 aromatic rings. The van der Waals surface area contributed by atoms with Crippen molar-refractivity contribution >= 4 is 28.6 Å². The van der Waals surface area contributed by atoms with Gasteiger partial charge in [0.1, 0.15) is 5.82 Å². The lowest BCUT2D eigenvalue weighted by Gasteiger charge is -2.18. The summed E-state index contributed by atoms with van der Waals surface area (Å²) in [5.41, 5.74) is 0.894. The molecule has 2 heterocycles. The minimum Gasteiger partial charge on any atom is -0.344 e. The molecule has 0 spiro atoms. The molecular weight excluding hydrogens is 341 g/mol. The van der Waals surface area contributed by atoms with Crippen LogP contribution in [0.3, 0.4) is 0 Å². The van der Waals surface area contributed by atoms with Crippen LogP contribution in [0, 0.1) is 5.82 Å². The molecule has 3 rings (SSSR count). The molecule has 2 aromatic heterocycles. The third-order valence-electron chi connectivity index (χ3n) is 3.74. The molecule has 124 valence electrons. The predicted molar refractivity (Wildman–Crippen MR) is 98.0 cm³/mol. The van der Waals surface area contributed by atoms with Crippen LogP contribution in [0.5, 0.6) is 0 Å². The standard InChI is InChI=1S/C19H18FNOS2/c20-15-10-8-14(9-11-15)19(17-6-3-13-24-17)21-18(22)7-1-4-16-5-2-12-23-16/h2-3,5-6,8-13,19H,1,4,7H2,(H,21,22). The lowest BCUT2D eigenvalue weighted by molar-refractivity contribution is -0.121. The predicted octanol–water partition coefficient (Wildman–Crippen LogP) is 5.18. The zero-order valence-corrected chi connectivity index (χ0v) is 14.7. The zero-order chi connectivity index (χ0) is 16.8. The van der Waals surface area contributed by atoms with Gasteiger partial charge < -0.3 is 5.32 Å². The summed E-state index contributed by atoms with van der Waals surface area (Å²) in [6.07, 6.45) is 2.24. The molecule has 24 heavy (non-hydrogen) atoms. The van der Waals surface area contributed by atoms with Gasteiger partial charge in [-0.05, 0) is 53.4 Å². The lowest BCUT2D eigenvalue weighted by atomic mass is 10.0. The lowest BCUT2D eigenvalue weighted by Crippen LogP contribution is -2.28. The normalized spacial score (nSPS) is 12.0. The first-order chi connectivity index (χ1) is 11.7. The number of rotatable bonds is 7. The number of halogens is 1. The molecule has 1 N–H and O–H groups in total. The van der Waals surface area contributed by atoms with E-state index in [4.69, 9.17) is 0 Å². The van der Waals surface area contributed by atoms with Gasteiger partial charge in [-0.3, -0.25) is 4.79 Å². The number of carbonyl (C=O) groups is 1. The van der Waals surface area contributed by atoms with Crippen molar-refractivity contribution in [3.05, 3.63) is 80.4 Å². The first kappa shape index (κ1) is 16.9. The molecule has 0 saturated heterocycles. The fourth-order valence-electron chi connectivity index (χ4n) is 2.54. The summed E-state index contributed by atoms with van der Waals surface area (Å²) in [5.74, 6) is -0.250. The molecule has 1 unspecified atom stereocenters. The van der Waals surface area contributed by atoms with E-state index in [0.717, 1.165) is 23.3 Å². The van der Waals surface area contributed by atoms with Crippen molar-refractivity contribution in [2.45, 2.75) is 25.3 Å². The summed E-state index contributed by atoms with van der Waals surface area (Å²) in [7, 11) is 0. The Hall–Kier alpha value is -1.98. The SMILES string of the molecule is O=C(CCCc1cccs1)NC(c1ccc(F)cc1)c1cccs1. The van der Waals surface area contributed by atoms with Crippen LogP contribution >= 0.6 is 22.7 Å². The Bertz CT molecular complexity index is 751. The Balaban J connectivity index is 1.63. The summed E-state index contributed by atoms with van der Waals surface area (Å²) in [6, 6.07) is 14.2. The van der Waals surface area contributed by atoms with Crippen molar-refractivity contribution in [1.82, 2.24) is 5.32 Å².